The summed E-state index contributed by atoms with van der Waals surface area (Å²) in [5.74, 6) is 0. The van der Waals surface area contributed by atoms with E-state index >= 15 is 0 Å². The second-order valence-corrected chi connectivity index (χ2v) is 6.38. The maximum Gasteiger partial charge on any atom is 0.0513 e. The molecule has 0 fully saturated rings. The number of nitrogens with zero attached hydrogens (tertiary/aromatic N) is 1. The van der Waals surface area contributed by atoms with Crippen LogP contribution in [0.1, 0.15) is 58.6 Å². The van der Waals surface area contributed by atoms with Crippen LogP contribution >= 0.6 is 15.9 Å². The highest BCUT2D eigenvalue weighted by molar-refractivity contribution is 9.10. The van der Waals surface area contributed by atoms with E-state index in [4.69, 9.17) is 0 Å². The van der Waals surface area contributed by atoms with Crippen molar-refractivity contribution in [2.45, 2.75) is 59.0 Å². The van der Waals surface area contributed by atoms with Gasteiger partial charge in [-0.3, -0.25) is 0 Å². The van der Waals surface area contributed by atoms with E-state index in [1.165, 1.54) is 35.0 Å². The van der Waals surface area contributed by atoms with Gasteiger partial charge in [0.05, 0.1) is 5.69 Å². The number of unbranched alkanes of at least 4 members (excludes halogenated alkanes) is 1. The van der Waals surface area contributed by atoms with E-state index in [1.54, 1.807) is 0 Å². The summed E-state index contributed by atoms with van der Waals surface area (Å²) >= 11 is 3.77. The lowest BCUT2D eigenvalue weighted by Crippen LogP contribution is -2.33. The first-order chi connectivity index (χ1) is 9.54. The number of halogens is 1. The van der Waals surface area contributed by atoms with Crippen LogP contribution in [0.3, 0.4) is 0 Å². The zero-order valence-corrected chi connectivity index (χ0v) is 15.1. The summed E-state index contributed by atoms with van der Waals surface area (Å²) in [7, 11) is 2.00. The molecule has 0 spiro atoms. The fourth-order valence-corrected chi connectivity index (χ4v) is 2.94. The average Bonchev–Trinajstić information content (AvgIpc) is 2.47. The summed E-state index contributed by atoms with van der Waals surface area (Å²) in [5, 5.41) is 3.29. The zero-order valence-electron chi connectivity index (χ0n) is 13.5. The molecule has 2 atom stereocenters. The van der Waals surface area contributed by atoms with Crippen molar-refractivity contribution < 1.29 is 0 Å². The van der Waals surface area contributed by atoms with E-state index < -0.39 is 0 Å². The van der Waals surface area contributed by atoms with E-state index in [2.05, 4.69) is 72.0 Å². The molecule has 2 nitrogen and oxygen atoms in total. The van der Waals surface area contributed by atoms with Crippen LogP contribution in [-0.2, 0) is 0 Å². The van der Waals surface area contributed by atoms with Gasteiger partial charge in [0.25, 0.3) is 0 Å². The second-order valence-electron chi connectivity index (χ2n) is 5.53. The molecule has 0 bridgehead atoms. The maximum absolute atomic E-state index is 3.77. The van der Waals surface area contributed by atoms with Crippen LogP contribution in [0.4, 0.5) is 5.69 Å². The third-order valence-electron chi connectivity index (χ3n) is 4.09. The quantitative estimate of drug-likeness (QED) is 0.705. The summed E-state index contributed by atoms with van der Waals surface area (Å²) in [6.45, 7) is 10.1. The Morgan fingerprint density at radius 1 is 1.25 bits per heavy atom. The molecule has 1 N–H and O–H groups in total. The monoisotopic (exact) mass is 340 g/mol. The molecule has 114 valence electrons. The highest BCUT2D eigenvalue weighted by Gasteiger charge is 2.16. The van der Waals surface area contributed by atoms with Gasteiger partial charge in [0.2, 0.25) is 0 Å². The molecule has 1 aromatic rings. The van der Waals surface area contributed by atoms with Crippen LogP contribution < -0.4 is 10.2 Å². The third-order valence-corrected chi connectivity index (χ3v) is 4.72. The number of rotatable bonds is 8. The van der Waals surface area contributed by atoms with Gasteiger partial charge >= 0.3 is 0 Å². The Balaban J connectivity index is 3.01. The first kappa shape index (κ1) is 17.5. The number of nitrogens with one attached hydrogen (secondary N) is 1. The molecule has 0 saturated heterocycles. The van der Waals surface area contributed by atoms with Crippen molar-refractivity contribution in [2.24, 2.45) is 0 Å². The Morgan fingerprint density at radius 3 is 2.45 bits per heavy atom. The number of benzene rings is 1. The fourth-order valence-electron chi connectivity index (χ4n) is 2.32. The van der Waals surface area contributed by atoms with Crippen LogP contribution in [0, 0.1) is 0 Å². The molecule has 0 aliphatic heterocycles. The molecular formula is C17H29BrN2. The lowest BCUT2D eigenvalue weighted by atomic mass is 10.1. The van der Waals surface area contributed by atoms with Gasteiger partial charge in [-0.15, -0.1) is 0 Å². The van der Waals surface area contributed by atoms with Gasteiger partial charge in [0.1, 0.15) is 0 Å². The fraction of sp³-hybridized carbons (Fsp3) is 0.647. The Kier molecular flexibility index (Phi) is 7.60. The molecule has 1 rings (SSSR count). The van der Waals surface area contributed by atoms with Crippen molar-refractivity contribution in [1.82, 2.24) is 5.32 Å². The topological polar surface area (TPSA) is 15.3 Å². The number of hydrogen-bond donors (Lipinski definition) is 1. The highest BCUT2D eigenvalue weighted by atomic mass is 79.9. The molecule has 1 aromatic carbocycles. The summed E-state index contributed by atoms with van der Waals surface area (Å²) in [5.41, 5.74) is 2.64. The molecule has 2 unspecified atom stereocenters. The van der Waals surface area contributed by atoms with Gasteiger partial charge in [0.15, 0.2) is 0 Å². The van der Waals surface area contributed by atoms with Crippen molar-refractivity contribution in [3.8, 4) is 0 Å². The second kappa shape index (κ2) is 8.68. The highest BCUT2D eigenvalue weighted by Crippen LogP contribution is 2.31. The van der Waals surface area contributed by atoms with Crippen molar-refractivity contribution >= 4 is 21.6 Å². The van der Waals surface area contributed by atoms with E-state index in [0.29, 0.717) is 12.1 Å². The maximum atomic E-state index is 3.77. The Morgan fingerprint density at radius 2 is 1.95 bits per heavy atom. The smallest absolute Gasteiger partial charge is 0.0513 e. The summed E-state index contributed by atoms with van der Waals surface area (Å²) in [4.78, 5) is 2.53. The molecule has 0 heterocycles. The molecule has 0 saturated carbocycles. The molecule has 20 heavy (non-hydrogen) atoms. The van der Waals surface area contributed by atoms with Crippen LogP contribution in [0.15, 0.2) is 22.7 Å². The lowest BCUT2D eigenvalue weighted by molar-refractivity contribution is 0.594. The van der Waals surface area contributed by atoms with E-state index in [-0.39, 0.29) is 0 Å². The number of anilines is 1. The lowest BCUT2D eigenvalue weighted by Gasteiger charge is -2.32. The summed E-state index contributed by atoms with van der Waals surface area (Å²) in [6, 6.07) is 7.70. The van der Waals surface area contributed by atoms with Gasteiger partial charge in [-0.2, -0.15) is 0 Å². The van der Waals surface area contributed by atoms with Crippen molar-refractivity contribution in [1.29, 1.82) is 0 Å². The van der Waals surface area contributed by atoms with Crippen LogP contribution in [0.5, 0.6) is 0 Å². The van der Waals surface area contributed by atoms with Crippen molar-refractivity contribution in [3.63, 3.8) is 0 Å². The zero-order chi connectivity index (χ0) is 15.1. The minimum absolute atomic E-state index is 0.382. The molecule has 0 aliphatic carbocycles. The van der Waals surface area contributed by atoms with Crippen molar-refractivity contribution in [2.75, 3.05) is 18.5 Å². The predicted octanol–water partition coefficient (Wildman–Crippen LogP) is 5.13. The SMILES string of the molecule is CCCCN(c1ccc(C(C)NC)cc1Br)C(C)CC. The number of hydrogen-bond acceptors (Lipinski definition) is 2. The minimum atomic E-state index is 0.382. The average molecular weight is 341 g/mol. The van der Waals surface area contributed by atoms with Gasteiger partial charge < -0.3 is 10.2 Å². The molecular weight excluding hydrogens is 312 g/mol. The van der Waals surface area contributed by atoms with Crippen LogP contribution in [0.2, 0.25) is 0 Å². The summed E-state index contributed by atoms with van der Waals surface area (Å²) < 4.78 is 1.20. The Bertz CT molecular complexity index is 406. The van der Waals surface area contributed by atoms with Gasteiger partial charge in [-0.1, -0.05) is 26.3 Å². The Labute approximate surface area is 133 Å². The van der Waals surface area contributed by atoms with Gasteiger partial charge in [-0.25, -0.2) is 0 Å². The minimum Gasteiger partial charge on any atom is -0.368 e. The third kappa shape index (κ3) is 4.49. The standard InChI is InChI=1S/C17H29BrN2/c1-6-8-11-20(13(3)7-2)17-10-9-15(12-16(17)18)14(4)19-5/h9-10,12-14,19H,6-8,11H2,1-5H3. The first-order valence-electron chi connectivity index (χ1n) is 7.78. The molecule has 0 amide bonds. The molecule has 0 aromatic heterocycles. The normalized spacial score (nSPS) is 14.1. The van der Waals surface area contributed by atoms with Gasteiger partial charge in [-0.05, 0) is 67.4 Å². The molecule has 3 heteroatoms. The van der Waals surface area contributed by atoms with Crippen LogP contribution in [-0.4, -0.2) is 19.6 Å². The van der Waals surface area contributed by atoms with E-state index in [9.17, 15) is 0 Å². The van der Waals surface area contributed by atoms with Crippen molar-refractivity contribution in [3.05, 3.63) is 28.2 Å². The molecule has 0 radical (unpaired) electrons. The summed E-state index contributed by atoms with van der Waals surface area (Å²) in [6.07, 6.45) is 3.65. The largest absolute Gasteiger partial charge is 0.368 e. The Hall–Kier alpha value is -0.540. The van der Waals surface area contributed by atoms with Gasteiger partial charge in [0, 0.05) is 23.1 Å². The predicted molar refractivity (Wildman–Crippen MR) is 93.6 cm³/mol. The van der Waals surface area contributed by atoms with Crippen LogP contribution in [0.25, 0.3) is 0 Å². The van der Waals surface area contributed by atoms with E-state index in [0.717, 1.165) is 6.54 Å². The first-order valence-corrected chi connectivity index (χ1v) is 8.57. The molecule has 0 aliphatic rings. The van der Waals surface area contributed by atoms with E-state index in [1.807, 2.05) is 7.05 Å².